The number of benzene rings is 4. The van der Waals surface area contributed by atoms with E-state index in [1.807, 2.05) is 48.5 Å². The van der Waals surface area contributed by atoms with Gasteiger partial charge < -0.3 is 0 Å². The van der Waals surface area contributed by atoms with Gasteiger partial charge in [0.15, 0.2) is 0 Å². The maximum Gasteiger partial charge on any atom is 0.0975 e. The molecule has 4 rings (SSSR count). The van der Waals surface area contributed by atoms with Gasteiger partial charge in [-0.3, -0.25) is 9.29 Å². The van der Waals surface area contributed by atoms with Crippen molar-refractivity contribution in [3.63, 3.8) is 0 Å². The van der Waals surface area contributed by atoms with E-state index in [-0.39, 0.29) is 18.6 Å². The normalized spacial score (nSPS) is 12.2. The van der Waals surface area contributed by atoms with E-state index < -0.39 is 0 Å². The maximum absolute atomic E-state index is 14.3. The molecule has 0 aliphatic rings. The highest BCUT2D eigenvalue weighted by atomic mass is 19.1. The Morgan fingerprint density at radius 3 is 1.42 bits per heavy atom. The summed E-state index contributed by atoms with van der Waals surface area (Å²) in [7, 11) is 0. The van der Waals surface area contributed by atoms with Crippen LogP contribution in [0.3, 0.4) is 0 Å². The summed E-state index contributed by atoms with van der Waals surface area (Å²) in [6.45, 7) is 0.994. The molecule has 4 aromatic carbocycles. The molecule has 0 saturated carbocycles. The quantitative estimate of drug-likeness (QED) is 0.287. The first-order chi connectivity index (χ1) is 15.3. The average Bonchev–Trinajstić information content (AvgIpc) is 2.85. The van der Waals surface area contributed by atoms with Crippen LogP contribution in [-0.2, 0) is 6.54 Å². The topological polar surface area (TPSA) is 3.24 Å². The Morgan fingerprint density at radius 1 is 0.548 bits per heavy atom. The van der Waals surface area contributed by atoms with Gasteiger partial charge in [-0.15, -0.1) is 0 Å². The van der Waals surface area contributed by atoms with Crippen molar-refractivity contribution in [3.05, 3.63) is 144 Å². The van der Waals surface area contributed by atoms with E-state index in [1.54, 1.807) is 0 Å². The van der Waals surface area contributed by atoms with Crippen LogP contribution >= 0.6 is 0 Å². The molecule has 0 N–H and O–H groups in total. The van der Waals surface area contributed by atoms with Crippen molar-refractivity contribution < 1.29 is 4.39 Å². The minimum Gasteiger partial charge on any atom is -0.287 e. The van der Waals surface area contributed by atoms with Crippen LogP contribution in [0.2, 0.25) is 0 Å². The summed E-state index contributed by atoms with van der Waals surface area (Å²) in [5.41, 5.74) is 4.71. The van der Waals surface area contributed by atoms with Crippen LogP contribution in [0.1, 0.15) is 34.2 Å². The number of hydrogen-bond acceptors (Lipinski definition) is 1. The Morgan fingerprint density at radius 2 is 0.968 bits per heavy atom. The molecule has 0 aromatic heterocycles. The lowest BCUT2D eigenvalue weighted by Gasteiger charge is -2.35. The fraction of sp³-hybridized carbons (Fsp3) is 0.172. The molecule has 4 aromatic rings. The van der Waals surface area contributed by atoms with Crippen LogP contribution in [0, 0.1) is 0 Å². The zero-order chi connectivity index (χ0) is 21.3. The largest absolute Gasteiger partial charge is 0.287 e. The Balaban J connectivity index is 1.75. The van der Waals surface area contributed by atoms with E-state index in [0.29, 0.717) is 6.54 Å². The van der Waals surface area contributed by atoms with Gasteiger partial charge in [0.1, 0.15) is 0 Å². The highest BCUT2D eigenvalue weighted by Crippen LogP contribution is 2.32. The molecule has 31 heavy (non-hydrogen) atoms. The molecule has 0 radical (unpaired) electrons. The fourth-order valence-electron chi connectivity index (χ4n) is 4.22. The summed E-state index contributed by atoms with van der Waals surface area (Å²) in [5, 5.41) is 0. The molecule has 2 heteroatoms. The monoisotopic (exact) mass is 409 g/mol. The highest BCUT2D eigenvalue weighted by molar-refractivity contribution is 5.33. The van der Waals surface area contributed by atoms with Crippen molar-refractivity contribution in [1.29, 1.82) is 0 Å². The highest BCUT2D eigenvalue weighted by Gasteiger charge is 2.26. The summed E-state index contributed by atoms with van der Waals surface area (Å²) >= 11 is 0. The third-order valence-electron chi connectivity index (χ3n) is 5.74. The molecular weight excluding hydrogens is 381 g/mol. The van der Waals surface area contributed by atoms with Gasteiger partial charge in [0.05, 0.1) is 12.7 Å². The molecule has 0 saturated heterocycles. The van der Waals surface area contributed by atoms with Gasteiger partial charge in [0.25, 0.3) is 0 Å². The number of hydrogen-bond donors (Lipinski definition) is 0. The summed E-state index contributed by atoms with van der Waals surface area (Å²) in [6, 6.07) is 41.6. The summed E-state index contributed by atoms with van der Waals surface area (Å²) in [4.78, 5) is 2.41. The lowest BCUT2D eigenvalue weighted by Crippen LogP contribution is -2.33. The van der Waals surface area contributed by atoms with Gasteiger partial charge in [0, 0.05) is 19.0 Å². The first-order valence-electron chi connectivity index (χ1n) is 10.8. The molecule has 156 valence electrons. The molecule has 0 unspecified atom stereocenters. The molecule has 1 atom stereocenters. The van der Waals surface area contributed by atoms with Crippen LogP contribution in [-0.4, -0.2) is 18.1 Å². The van der Waals surface area contributed by atoms with Crippen LogP contribution in [0.25, 0.3) is 0 Å². The lowest BCUT2D eigenvalue weighted by atomic mass is 9.93. The Bertz CT molecular complexity index is 980. The maximum atomic E-state index is 14.3. The summed E-state index contributed by atoms with van der Waals surface area (Å²) < 4.78 is 14.3. The average molecular weight is 410 g/mol. The van der Waals surface area contributed by atoms with E-state index in [0.717, 1.165) is 12.1 Å². The third-order valence-corrected chi connectivity index (χ3v) is 5.74. The minimum absolute atomic E-state index is 0.0420. The first-order valence-corrected chi connectivity index (χ1v) is 10.8. The van der Waals surface area contributed by atoms with E-state index in [9.17, 15) is 4.39 Å². The fourth-order valence-corrected chi connectivity index (χ4v) is 4.22. The van der Waals surface area contributed by atoms with Crippen LogP contribution in [0.4, 0.5) is 4.39 Å². The van der Waals surface area contributed by atoms with Gasteiger partial charge in [-0.1, -0.05) is 121 Å². The van der Waals surface area contributed by atoms with Crippen LogP contribution in [0.15, 0.2) is 121 Å². The molecule has 0 amide bonds. The predicted octanol–water partition coefficient (Wildman–Crippen LogP) is 7.03. The van der Waals surface area contributed by atoms with E-state index in [4.69, 9.17) is 0 Å². The minimum atomic E-state index is -0.383. The molecule has 0 aliphatic carbocycles. The summed E-state index contributed by atoms with van der Waals surface area (Å²) in [5.74, 6) is -0.181. The molecular formula is C29H28FN. The summed E-state index contributed by atoms with van der Waals surface area (Å²) in [6.07, 6.45) is 0. The third kappa shape index (κ3) is 5.48. The molecule has 0 bridgehead atoms. The molecule has 1 nitrogen and oxygen atoms in total. The zero-order valence-electron chi connectivity index (χ0n) is 17.6. The van der Waals surface area contributed by atoms with Crippen LogP contribution < -0.4 is 0 Å². The van der Waals surface area contributed by atoms with Crippen LogP contribution in [0.5, 0.6) is 0 Å². The number of alkyl halides is 1. The standard InChI is InChI=1S/C29H28FN/c30-21-28(25-15-7-2-8-16-25)23-31(22-24-13-5-1-6-14-24)29(26-17-9-3-10-18-26)27-19-11-4-12-20-27/h1-20,28-29H,21-23H2/t28-/m1/s1. The van der Waals surface area contributed by atoms with Crippen molar-refractivity contribution in [2.24, 2.45) is 0 Å². The van der Waals surface area contributed by atoms with E-state index in [2.05, 4.69) is 77.7 Å². The second-order valence-corrected chi connectivity index (χ2v) is 7.90. The van der Waals surface area contributed by atoms with Gasteiger partial charge in [-0.2, -0.15) is 0 Å². The van der Waals surface area contributed by atoms with E-state index in [1.165, 1.54) is 16.7 Å². The van der Waals surface area contributed by atoms with Gasteiger partial charge in [0.2, 0.25) is 0 Å². The van der Waals surface area contributed by atoms with Gasteiger partial charge >= 0.3 is 0 Å². The zero-order valence-corrected chi connectivity index (χ0v) is 17.6. The Kier molecular flexibility index (Phi) is 7.25. The van der Waals surface area contributed by atoms with Crippen molar-refractivity contribution in [2.45, 2.75) is 18.5 Å². The van der Waals surface area contributed by atoms with Gasteiger partial charge in [-0.25, -0.2) is 0 Å². The smallest absolute Gasteiger partial charge is 0.0975 e. The molecule has 0 fully saturated rings. The second kappa shape index (κ2) is 10.7. The predicted molar refractivity (Wildman–Crippen MR) is 127 cm³/mol. The number of halogens is 1. The van der Waals surface area contributed by atoms with Crippen molar-refractivity contribution in [3.8, 4) is 0 Å². The molecule has 0 spiro atoms. The Hall–Kier alpha value is -3.23. The SMILES string of the molecule is FC[C@H](CN(Cc1ccccc1)C(c1ccccc1)c1ccccc1)c1ccccc1. The van der Waals surface area contributed by atoms with Crippen molar-refractivity contribution in [2.75, 3.05) is 13.2 Å². The second-order valence-electron chi connectivity index (χ2n) is 7.90. The number of rotatable bonds is 9. The molecule has 0 aliphatic heterocycles. The number of nitrogens with zero attached hydrogens (tertiary/aromatic N) is 1. The van der Waals surface area contributed by atoms with Crippen molar-refractivity contribution >= 4 is 0 Å². The first kappa shape index (κ1) is 21.0. The van der Waals surface area contributed by atoms with Crippen molar-refractivity contribution in [1.82, 2.24) is 4.90 Å². The van der Waals surface area contributed by atoms with Gasteiger partial charge in [-0.05, 0) is 22.3 Å². The molecule has 0 heterocycles. The Labute approximate surface area is 184 Å². The lowest BCUT2D eigenvalue weighted by molar-refractivity contribution is 0.191. The van der Waals surface area contributed by atoms with E-state index >= 15 is 0 Å².